The van der Waals surface area contributed by atoms with E-state index in [1.807, 2.05) is 50.2 Å². The van der Waals surface area contributed by atoms with Crippen molar-refractivity contribution in [3.63, 3.8) is 0 Å². The summed E-state index contributed by atoms with van der Waals surface area (Å²) < 4.78 is 29.8. The van der Waals surface area contributed by atoms with Gasteiger partial charge in [0.15, 0.2) is 0 Å². The van der Waals surface area contributed by atoms with E-state index in [2.05, 4.69) is 21.2 Å². The fraction of sp³-hybridized carbons (Fsp3) is 0.333. The van der Waals surface area contributed by atoms with Gasteiger partial charge in [0, 0.05) is 17.6 Å². The van der Waals surface area contributed by atoms with Gasteiger partial charge in [0.2, 0.25) is 11.8 Å². The average Bonchev–Trinajstić information content (AvgIpc) is 2.94. The molecule has 3 rings (SSSR count). The number of anilines is 1. The Balaban J connectivity index is 2.02. The van der Waals surface area contributed by atoms with Gasteiger partial charge in [0.05, 0.1) is 10.6 Å². The number of hydrogen-bond acceptors (Lipinski definition) is 4. The standard InChI is InChI=1S/C30H36BrN3O4S/c1-4-6-19-32-30(36)23(3)33(21-24-13-12-15-26(31)20-24)29(35)22-34(28-18-11-10-14-25(28)5-2)39(37,38)27-16-8-7-9-17-27/h7-18,20,23H,4-6,19,21-22H2,1-3H3,(H,32,36). The number of aryl methyl sites for hydroxylation is 1. The van der Waals surface area contributed by atoms with Crippen LogP contribution in [0.25, 0.3) is 0 Å². The van der Waals surface area contributed by atoms with Gasteiger partial charge in [-0.15, -0.1) is 0 Å². The van der Waals surface area contributed by atoms with E-state index in [1.165, 1.54) is 21.3 Å². The van der Waals surface area contributed by atoms with E-state index >= 15 is 0 Å². The number of halogens is 1. The number of carbonyl (C=O) groups is 2. The third kappa shape index (κ3) is 7.92. The first-order valence-corrected chi connectivity index (χ1v) is 15.4. The maximum absolute atomic E-state index is 14.0. The lowest BCUT2D eigenvalue weighted by atomic mass is 10.1. The normalized spacial score (nSPS) is 12.0. The number of unbranched alkanes of at least 4 members (excludes halogenated alkanes) is 1. The summed E-state index contributed by atoms with van der Waals surface area (Å²) >= 11 is 3.47. The molecule has 3 aromatic rings. The molecule has 0 radical (unpaired) electrons. The summed E-state index contributed by atoms with van der Waals surface area (Å²) in [5.41, 5.74) is 2.06. The SMILES string of the molecule is CCCCNC(=O)C(C)N(Cc1cccc(Br)c1)C(=O)CN(c1ccccc1CC)S(=O)(=O)c1ccccc1. The Kier molecular flexibility index (Phi) is 11.1. The lowest BCUT2D eigenvalue weighted by Crippen LogP contribution is -2.51. The van der Waals surface area contributed by atoms with E-state index in [0.717, 1.165) is 28.4 Å². The van der Waals surface area contributed by atoms with Crippen molar-refractivity contribution >= 4 is 43.5 Å². The van der Waals surface area contributed by atoms with Crippen LogP contribution in [-0.2, 0) is 32.6 Å². The van der Waals surface area contributed by atoms with Crippen LogP contribution < -0.4 is 9.62 Å². The molecular formula is C30H36BrN3O4S. The van der Waals surface area contributed by atoms with Crippen molar-refractivity contribution in [3.8, 4) is 0 Å². The number of sulfonamides is 1. The molecule has 0 aliphatic rings. The molecule has 208 valence electrons. The van der Waals surface area contributed by atoms with Crippen LogP contribution in [0.1, 0.15) is 44.7 Å². The van der Waals surface area contributed by atoms with Crippen LogP contribution in [0.3, 0.4) is 0 Å². The number of nitrogens with one attached hydrogen (secondary N) is 1. The predicted octanol–water partition coefficient (Wildman–Crippen LogP) is 5.54. The molecular weight excluding hydrogens is 578 g/mol. The number of para-hydroxylation sites is 1. The van der Waals surface area contributed by atoms with E-state index < -0.39 is 28.5 Å². The molecule has 1 unspecified atom stereocenters. The summed E-state index contributed by atoms with van der Waals surface area (Å²) in [6.45, 7) is 5.86. The summed E-state index contributed by atoms with van der Waals surface area (Å²) in [7, 11) is -4.08. The molecule has 1 N–H and O–H groups in total. The predicted molar refractivity (Wildman–Crippen MR) is 159 cm³/mol. The van der Waals surface area contributed by atoms with Crippen LogP contribution in [0.15, 0.2) is 88.2 Å². The Labute approximate surface area is 240 Å². The maximum Gasteiger partial charge on any atom is 0.264 e. The Morgan fingerprint density at radius 1 is 0.949 bits per heavy atom. The second-order valence-corrected chi connectivity index (χ2v) is 12.1. The second kappa shape index (κ2) is 14.3. The fourth-order valence-corrected chi connectivity index (χ4v) is 6.16. The van der Waals surface area contributed by atoms with E-state index in [4.69, 9.17) is 0 Å². The number of amides is 2. The van der Waals surface area contributed by atoms with Gasteiger partial charge in [-0.3, -0.25) is 13.9 Å². The molecule has 0 saturated carbocycles. The third-order valence-corrected chi connectivity index (χ3v) is 8.76. The second-order valence-electron chi connectivity index (χ2n) is 9.28. The molecule has 1 atom stereocenters. The zero-order valence-corrected chi connectivity index (χ0v) is 25.0. The minimum atomic E-state index is -4.08. The number of carbonyl (C=O) groups excluding carboxylic acids is 2. The number of benzene rings is 3. The highest BCUT2D eigenvalue weighted by atomic mass is 79.9. The van der Waals surface area contributed by atoms with Crippen molar-refractivity contribution in [2.75, 3.05) is 17.4 Å². The van der Waals surface area contributed by atoms with Crippen molar-refractivity contribution in [1.29, 1.82) is 0 Å². The molecule has 0 bridgehead atoms. The Morgan fingerprint density at radius 2 is 1.64 bits per heavy atom. The topological polar surface area (TPSA) is 86.8 Å². The molecule has 0 aliphatic heterocycles. The minimum absolute atomic E-state index is 0.0904. The van der Waals surface area contributed by atoms with Gasteiger partial charge in [0.1, 0.15) is 12.6 Å². The molecule has 39 heavy (non-hydrogen) atoms. The monoisotopic (exact) mass is 613 g/mol. The zero-order valence-electron chi connectivity index (χ0n) is 22.6. The van der Waals surface area contributed by atoms with Crippen LogP contribution in [0.5, 0.6) is 0 Å². The molecule has 0 aliphatic carbocycles. The van der Waals surface area contributed by atoms with E-state index in [0.29, 0.717) is 18.7 Å². The van der Waals surface area contributed by atoms with Gasteiger partial charge in [-0.05, 0) is 61.2 Å². The quantitative estimate of drug-likeness (QED) is 0.256. The van der Waals surface area contributed by atoms with Gasteiger partial charge >= 0.3 is 0 Å². The smallest absolute Gasteiger partial charge is 0.264 e. The number of rotatable bonds is 13. The Bertz CT molecular complexity index is 1370. The van der Waals surface area contributed by atoms with Crippen molar-refractivity contribution in [2.24, 2.45) is 0 Å². The summed E-state index contributed by atoms with van der Waals surface area (Å²) in [6, 6.07) is 22.0. The number of hydrogen-bond donors (Lipinski definition) is 1. The molecule has 0 spiro atoms. The van der Waals surface area contributed by atoms with Crippen molar-refractivity contribution in [1.82, 2.24) is 10.2 Å². The highest BCUT2D eigenvalue weighted by Crippen LogP contribution is 2.28. The Morgan fingerprint density at radius 3 is 2.31 bits per heavy atom. The molecule has 7 nitrogen and oxygen atoms in total. The van der Waals surface area contributed by atoms with Crippen LogP contribution in [0.4, 0.5) is 5.69 Å². The van der Waals surface area contributed by atoms with E-state index in [1.54, 1.807) is 37.3 Å². The number of nitrogens with zero attached hydrogens (tertiary/aromatic N) is 2. The lowest BCUT2D eigenvalue weighted by molar-refractivity contribution is -0.139. The fourth-order valence-electron chi connectivity index (χ4n) is 4.24. The first-order valence-electron chi connectivity index (χ1n) is 13.2. The molecule has 0 aromatic heterocycles. The average molecular weight is 615 g/mol. The lowest BCUT2D eigenvalue weighted by Gasteiger charge is -2.32. The Hall–Kier alpha value is -3.17. The maximum atomic E-state index is 14.0. The van der Waals surface area contributed by atoms with Crippen LogP contribution in [0, 0.1) is 0 Å². The third-order valence-electron chi connectivity index (χ3n) is 6.49. The van der Waals surface area contributed by atoms with Gasteiger partial charge in [0.25, 0.3) is 10.0 Å². The van der Waals surface area contributed by atoms with Gasteiger partial charge in [-0.25, -0.2) is 8.42 Å². The molecule has 0 fully saturated rings. The van der Waals surface area contributed by atoms with E-state index in [9.17, 15) is 18.0 Å². The summed E-state index contributed by atoms with van der Waals surface area (Å²) in [6.07, 6.45) is 2.34. The van der Waals surface area contributed by atoms with Crippen LogP contribution in [0.2, 0.25) is 0 Å². The van der Waals surface area contributed by atoms with Gasteiger partial charge in [-0.1, -0.05) is 84.7 Å². The molecule has 9 heteroatoms. The highest BCUT2D eigenvalue weighted by molar-refractivity contribution is 9.10. The highest BCUT2D eigenvalue weighted by Gasteiger charge is 2.33. The first-order chi connectivity index (χ1) is 18.7. The van der Waals surface area contributed by atoms with Crippen molar-refractivity contribution < 1.29 is 18.0 Å². The van der Waals surface area contributed by atoms with Gasteiger partial charge < -0.3 is 10.2 Å². The molecule has 3 aromatic carbocycles. The van der Waals surface area contributed by atoms with Gasteiger partial charge in [-0.2, -0.15) is 0 Å². The first kappa shape index (κ1) is 30.4. The summed E-state index contributed by atoms with van der Waals surface area (Å²) in [4.78, 5) is 28.6. The summed E-state index contributed by atoms with van der Waals surface area (Å²) in [5, 5.41) is 2.90. The van der Waals surface area contributed by atoms with Crippen LogP contribution >= 0.6 is 15.9 Å². The largest absolute Gasteiger partial charge is 0.354 e. The van der Waals surface area contributed by atoms with Crippen LogP contribution in [-0.4, -0.2) is 44.3 Å². The summed E-state index contributed by atoms with van der Waals surface area (Å²) in [5.74, 6) is -0.753. The minimum Gasteiger partial charge on any atom is -0.354 e. The van der Waals surface area contributed by atoms with Crippen molar-refractivity contribution in [2.45, 2.75) is 57.5 Å². The molecule has 0 saturated heterocycles. The van der Waals surface area contributed by atoms with Crippen molar-refractivity contribution in [3.05, 3.63) is 94.5 Å². The zero-order chi connectivity index (χ0) is 28.4. The molecule has 2 amide bonds. The van der Waals surface area contributed by atoms with E-state index in [-0.39, 0.29) is 17.3 Å². The molecule has 0 heterocycles.